The smallest absolute Gasteiger partial charge is 0.374 e. The molecule has 0 aromatic rings. The van der Waals surface area contributed by atoms with Crippen molar-refractivity contribution < 1.29 is 48.4 Å². The van der Waals surface area contributed by atoms with Gasteiger partial charge in [-0.05, 0) is 27.7 Å². The average Bonchev–Trinajstić information content (AvgIpc) is 2.40. The molecule has 0 spiro atoms. The Morgan fingerprint density at radius 2 is 0.964 bits per heavy atom. The summed E-state index contributed by atoms with van der Waals surface area (Å²) in [4.78, 5) is 0. The summed E-state index contributed by atoms with van der Waals surface area (Å²) in [5, 5.41) is 0. The average molecular weight is 448 g/mol. The zero-order chi connectivity index (χ0) is 22.3. The molecule has 3 nitrogen and oxygen atoms in total. The fourth-order valence-corrected chi connectivity index (χ4v) is 5.44. The van der Waals surface area contributed by atoms with Crippen LogP contribution in [0.4, 0.5) is 35.1 Å². The zero-order valence-electron chi connectivity index (χ0n) is 16.4. The maximum absolute atomic E-state index is 14.1. The molecule has 0 aliphatic rings. The lowest BCUT2D eigenvalue weighted by molar-refractivity contribution is -0.177. The van der Waals surface area contributed by atoms with Crippen LogP contribution < -0.4 is 0 Å². The molecule has 0 aromatic heterocycles. The molecule has 0 N–H and O–H groups in total. The highest BCUT2D eigenvalue weighted by molar-refractivity contribution is 6.60. The van der Waals surface area contributed by atoms with Gasteiger partial charge in [-0.1, -0.05) is 0 Å². The number of hydrogen-bond acceptors (Lipinski definition) is 3. The lowest BCUT2D eigenvalue weighted by atomic mass is 9.98. The van der Waals surface area contributed by atoms with Crippen LogP contribution in [0.3, 0.4) is 0 Å². The van der Waals surface area contributed by atoms with Crippen molar-refractivity contribution >= 4 is 8.80 Å². The Labute approximate surface area is 161 Å². The summed E-state index contributed by atoms with van der Waals surface area (Å²) >= 11 is 0. The van der Waals surface area contributed by atoms with Gasteiger partial charge in [0.15, 0.2) is 0 Å². The second-order valence-corrected chi connectivity index (χ2v) is 9.38. The highest BCUT2D eigenvalue weighted by Gasteiger charge is 2.53. The molecule has 0 aromatic carbocycles. The van der Waals surface area contributed by atoms with Crippen molar-refractivity contribution in [3.63, 3.8) is 0 Å². The Balaban J connectivity index is 5.08. The van der Waals surface area contributed by atoms with E-state index in [0.29, 0.717) is 0 Å². The highest BCUT2D eigenvalue weighted by Crippen LogP contribution is 2.43. The SMILES string of the molecule is CCO[Si](CCC(F)(F)CC(F)(F)CC(F)(F)CC(C)(F)F)(OCC)OCC. The minimum absolute atomic E-state index is 0.0887. The number of rotatable bonds is 15. The molecule has 0 bridgehead atoms. The van der Waals surface area contributed by atoms with E-state index in [0.717, 1.165) is 0 Å². The molecule has 0 radical (unpaired) electrons. The fraction of sp³-hybridized carbons (Fsp3) is 1.00. The molecule has 12 heteroatoms. The first kappa shape index (κ1) is 27.5. The van der Waals surface area contributed by atoms with Gasteiger partial charge in [-0.15, -0.1) is 0 Å². The Morgan fingerprint density at radius 3 is 1.32 bits per heavy atom. The van der Waals surface area contributed by atoms with Gasteiger partial charge < -0.3 is 13.3 Å². The molecule has 0 saturated carbocycles. The normalized spacial score (nSPS) is 14.6. The summed E-state index contributed by atoms with van der Waals surface area (Å²) < 4.78 is 124. The van der Waals surface area contributed by atoms with Gasteiger partial charge >= 0.3 is 8.80 Å². The third kappa shape index (κ3) is 11.5. The van der Waals surface area contributed by atoms with Crippen molar-refractivity contribution in [2.45, 2.75) is 83.1 Å². The van der Waals surface area contributed by atoms with Crippen LogP contribution in [-0.4, -0.2) is 52.3 Å². The van der Waals surface area contributed by atoms with Crippen LogP contribution in [0.15, 0.2) is 0 Å². The number of alkyl halides is 8. The van der Waals surface area contributed by atoms with Crippen LogP contribution in [0, 0.1) is 0 Å². The molecule has 0 aliphatic heterocycles. The molecule has 0 atom stereocenters. The van der Waals surface area contributed by atoms with E-state index in [1.165, 1.54) is 0 Å². The van der Waals surface area contributed by atoms with Crippen molar-refractivity contribution in [2.75, 3.05) is 19.8 Å². The molecule has 0 aliphatic carbocycles. The van der Waals surface area contributed by atoms with E-state index < -0.39 is 64.2 Å². The first-order valence-corrected chi connectivity index (χ1v) is 10.9. The molecule has 0 fully saturated rings. The van der Waals surface area contributed by atoms with Crippen molar-refractivity contribution in [2.24, 2.45) is 0 Å². The largest absolute Gasteiger partial charge is 0.501 e. The summed E-state index contributed by atoms with van der Waals surface area (Å²) in [5.74, 6) is -17.0. The van der Waals surface area contributed by atoms with Gasteiger partial charge in [0.25, 0.3) is 23.7 Å². The Hall–Kier alpha value is -0.463. The molecule has 0 saturated heterocycles. The molecule has 0 amide bonds. The van der Waals surface area contributed by atoms with E-state index in [2.05, 4.69) is 0 Å². The van der Waals surface area contributed by atoms with Gasteiger partial charge in [0.05, 0.1) is 19.3 Å². The Bertz CT molecular complexity index is 441. The molecule has 28 heavy (non-hydrogen) atoms. The first-order valence-electron chi connectivity index (χ1n) is 8.94. The Morgan fingerprint density at radius 1 is 0.607 bits per heavy atom. The van der Waals surface area contributed by atoms with Gasteiger partial charge in [0.1, 0.15) is 0 Å². The third-order valence-corrected chi connectivity index (χ3v) is 6.54. The summed E-state index contributed by atoms with van der Waals surface area (Å²) in [6.07, 6.45) is -7.86. The van der Waals surface area contributed by atoms with Crippen LogP contribution in [0.1, 0.15) is 53.4 Å². The summed E-state index contributed by atoms with van der Waals surface area (Å²) in [6, 6.07) is -0.491. The van der Waals surface area contributed by atoms with E-state index in [1.807, 2.05) is 0 Å². The Kier molecular flexibility index (Phi) is 10.4. The van der Waals surface area contributed by atoms with E-state index in [9.17, 15) is 35.1 Å². The first-order chi connectivity index (χ1) is 12.5. The van der Waals surface area contributed by atoms with E-state index in [1.54, 1.807) is 20.8 Å². The summed E-state index contributed by atoms with van der Waals surface area (Å²) in [5.41, 5.74) is 0. The minimum Gasteiger partial charge on any atom is -0.374 e. The van der Waals surface area contributed by atoms with Gasteiger partial charge in [-0.2, -0.15) is 0 Å². The van der Waals surface area contributed by atoms with E-state index in [-0.39, 0.29) is 26.7 Å². The van der Waals surface area contributed by atoms with E-state index >= 15 is 0 Å². The van der Waals surface area contributed by atoms with Gasteiger partial charge in [-0.3, -0.25) is 0 Å². The number of hydrogen-bond donors (Lipinski definition) is 0. The number of halogens is 8. The molecule has 0 heterocycles. The standard InChI is InChI=1S/C16H28F8O3Si/c1-5-25-28(26-6-2,27-7-3)9-8-14(19,20)11-16(23,24)12-15(21,22)10-13(4,17)18/h5-12H2,1-4H3. The maximum Gasteiger partial charge on any atom is 0.501 e. The molecular formula is C16H28F8O3Si. The highest BCUT2D eigenvalue weighted by atomic mass is 28.4. The van der Waals surface area contributed by atoms with Gasteiger partial charge in [0.2, 0.25) is 0 Å². The van der Waals surface area contributed by atoms with E-state index in [4.69, 9.17) is 13.3 Å². The molecule has 170 valence electrons. The quantitative estimate of drug-likeness (QED) is 0.222. The summed E-state index contributed by atoms with van der Waals surface area (Å²) in [7, 11) is -3.53. The molecular weight excluding hydrogens is 420 g/mol. The molecule has 0 rings (SSSR count). The second-order valence-electron chi connectivity index (χ2n) is 6.65. The van der Waals surface area contributed by atoms with Crippen molar-refractivity contribution in [3.8, 4) is 0 Å². The predicted octanol–water partition coefficient (Wildman–Crippen LogP) is 6.16. The lowest BCUT2D eigenvalue weighted by Gasteiger charge is -2.31. The minimum atomic E-state index is -4.54. The monoisotopic (exact) mass is 448 g/mol. The van der Waals surface area contributed by atoms with Crippen molar-refractivity contribution in [3.05, 3.63) is 0 Å². The van der Waals surface area contributed by atoms with Crippen LogP contribution in [-0.2, 0) is 13.3 Å². The van der Waals surface area contributed by atoms with Crippen molar-refractivity contribution in [1.82, 2.24) is 0 Å². The zero-order valence-corrected chi connectivity index (χ0v) is 17.4. The predicted molar refractivity (Wildman–Crippen MR) is 89.4 cm³/mol. The second kappa shape index (κ2) is 10.5. The maximum atomic E-state index is 14.1. The fourth-order valence-electron chi connectivity index (χ4n) is 2.76. The van der Waals surface area contributed by atoms with Gasteiger partial charge in [0, 0.05) is 32.3 Å². The topological polar surface area (TPSA) is 27.7 Å². The van der Waals surface area contributed by atoms with Crippen LogP contribution in [0.2, 0.25) is 6.04 Å². The molecule has 0 unspecified atom stereocenters. The van der Waals surface area contributed by atoms with Crippen molar-refractivity contribution in [1.29, 1.82) is 0 Å². The van der Waals surface area contributed by atoms with Gasteiger partial charge in [-0.25, -0.2) is 35.1 Å². The van der Waals surface area contributed by atoms with Crippen LogP contribution >= 0.6 is 0 Å². The lowest BCUT2D eigenvalue weighted by Crippen LogP contribution is -2.47. The van der Waals surface area contributed by atoms with Crippen LogP contribution in [0.5, 0.6) is 0 Å². The summed E-state index contributed by atoms with van der Waals surface area (Å²) in [6.45, 7) is 5.16. The third-order valence-electron chi connectivity index (χ3n) is 3.49. The van der Waals surface area contributed by atoms with Crippen LogP contribution in [0.25, 0.3) is 0 Å².